The van der Waals surface area contributed by atoms with Crippen LogP contribution < -0.4 is 15.4 Å². The standard InChI is InChI=1S/C26H28F2N8O3S/c1-29-16-6-10-34(11-7-16)22(37)15-35-14-20(32-25(38)19-13-31-36-9-3-8-30-24(19)36)23(33-35)18-12-17(40-2)4-5-21(18)39-26(27)28/h3-5,8-9,12-14,16,26,29H,6-7,10-11,15H2,1-2H3,(H,32,38). The van der Waals surface area contributed by atoms with Crippen LogP contribution in [0.15, 0.2) is 53.9 Å². The van der Waals surface area contributed by atoms with E-state index in [1.54, 1.807) is 35.5 Å². The summed E-state index contributed by atoms with van der Waals surface area (Å²) in [4.78, 5) is 33.2. The summed E-state index contributed by atoms with van der Waals surface area (Å²) in [5, 5.41) is 14.8. The molecule has 0 atom stereocenters. The Balaban J connectivity index is 1.49. The Kier molecular flexibility index (Phi) is 8.26. The molecule has 2 amide bonds. The van der Waals surface area contributed by atoms with E-state index in [1.807, 2.05) is 13.3 Å². The van der Waals surface area contributed by atoms with Gasteiger partial charge >= 0.3 is 6.61 Å². The van der Waals surface area contributed by atoms with Crippen LogP contribution in [0.3, 0.4) is 0 Å². The van der Waals surface area contributed by atoms with Crippen LogP contribution >= 0.6 is 11.8 Å². The second-order valence-electron chi connectivity index (χ2n) is 9.17. The summed E-state index contributed by atoms with van der Waals surface area (Å²) < 4.78 is 34.2. The van der Waals surface area contributed by atoms with Gasteiger partial charge in [0.25, 0.3) is 5.91 Å². The van der Waals surface area contributed by atoms with E-state index in [-0.39, 0.29) is 40.7 Å². The molecule has 40 heavy (non-hydrogen) atoms. The number of thioether (sulfide) groups is 1. The summed E-state index contributed by atoms with van der Waals surface area (Å²) in [5.41, 5.74) is 1.22. The number of halogens is 2. The molecule has 0 bridgehead atoms. The van der Waals surface area contributed by atoms with Crippen LogP contribution in [0.1, 0.15) is 23.2 Å². The maximum atomic E-state index is 13.3. The first-order valence-electron chi connectivity index (χ1n) is 12.6. The van der Waals surface area contributed by atoms with E-state index in [0.717, 1.165) is 17.7 Å². The number of nitrogens with one attached hydrogen (secondary N) is 2. The smallest absolute Gasteiger partial charge is 0.387 e. The van der Waals surface area contributed by atoms with Crippen molar-refractivity contribution in [2.75, 3.05) is 31.7 Å². The second kappa shape index (κ2) is 12.0. The number of aromatic nitrogens is 5. The SMILES string of the molecule is CNC1CCN(C(=O)Cn2cc(NC(=O)c3cnn4cccnc34)c(-c3cc(SC)ccc3OC(F)F)n2)CC1. The van der Waals surface area contributed by atoms with E-state index in [2.05, 4.69) is 25.8 Å². The minimum absolute atomic E-state index is 0.0847. The number of alkyl halides is 2. The number of nitrogens with zero attached hydrogens (tertiary/aromatic N) is 6. The lowest BCUT2D eigenvalue weighted by molar-refractivity contribution is -0.133. The van der Waals surface area contributed by atoms with E-state index in [0.29, 0.717) is 24.8 Å². The average molecular weight is 571 g/mol. The normalized spacial score (nSPS) is 14.2. The van der Waals surface area contributed by atoms with Crippen molar-refractivity contribution in [2.45, 2.75) is 36.9 Å². The maximum Gasteiger partial charge on any atom is 0.387 e. The lowest BCUT2D eigenvalue weighted by Crippen LogP contribution is -2.45. The van der Waals surface area contributed by atoms with Gasteiger partial charge in [0.2, 0.25) is 5.91 Å². The predicted molar refractivity (Wildman–Crippen MR) is 146 cm³/mol. The number of carbonyl (C=O) groups excluding carboxylic acids is 2. The van der Waals surface area contributed by atoms with E-state index in [9.17, 15) is 18.4 Å². The zero-order valence-electron chi connectivity index (χ0n) is 21.9. The van der Waals surface area contributed by atoms with Crippen LogP contribution in [0.25, 0.3) is 16.9 Å². The van der Waals surface area contributed by atoms with Crippen molar-refractivity contribution in [1.82, 2.24) is 34.6 Å². The summed E-state index contributed by atoms with van der Waals surface area (Å²) in [5.74, 6) is -0.755. The van der Waals surface area contributed by atoms with Gasteiger partial charge in [-0.2, -0.15) is 19.0 Å². The lowest BCUT2D eigenvalue weighted by Gasteiger charge is -2.31. The summed E-state index contributed by atoms with van der Waals surface area (Å²) in [6, 6.07) is 6.81. The molecule has 14 heteroatoms. The first-order chi connectivity index (χ1) is 19.4. The fourth-order valence-corrected chi connectivity index (χ4v) is 5.09. The van der Waals surface area contributed by atoms with Gasteiger partial charge in [0.15, 0.2) is 5.65 Å². The Morgan fingerprint density at radius 2 is 2.05 bits per heavy atom. The minimum Gasteiger partial charge on any atom is -0.434 e. The molecule has 1 aliphatic rings. The van der Waals surface area contributed by atoms with Gasteiger partial charge in [-0.1, -0.05) is 0 Å². The number of fused-ring (bicyclic) bond motifs is 1. The van der Waals surface area contributed by atoms with Crippen molar-refractivity contribution in [2.24, 2.45) is 0 Å². The van der Waals surface area contributed by atoms with Crippen LogP contribution in [0.4, 0.5) is 14.5 Å². The molecule has 4 aromatic rings. The molecule has 0 saturated carbocycles. The van der Waals surface area contributed by atoms with E-state index in [4.69, 9.17) is 4.74 Å². The molecule has 210 valence electrons. The Morgan fingerprint density at radius 1 is 1.25 bits per heavy atom. The quantitative estimate of drug-likeness (QED) is 0.294. The third-order valence-electron chi connectivity index (χ3n) is 6.74. The largest absolute Gasteiger partial charge is 0.434 e. The van der Waals surface area contributed by atoms with Crippen molar-refractivity contribution in [3.05, 3.63) is 54.6 Å². The topological polar surface area (TPSA) is 119 Å². The zero-order valence-corrected chi connectivity index (χ0v) is 22.7. The number of piperidine rings is 1. The van der Waals surface area contributed by atoms with Gasteiger partial charge in [-0.3, -0.25) is 14.3 Å². The molecule has 1 aliphatic heterocycles. The highest BCUT2D eigenvalue weighted by Crippen LogP contribution is 2.37. The Bertz CT molecular complexity index is 1520. The van der Waals surface area contributed by atoms with Crippen LogP contribution in [-0.4, -0.2) is 80.1 Å². The van der Waals surface area contributed by atoms with Gasteiger partial charge in [0.1, 0.15) is 23.6 Å². The highest BCUT2D eigenvalue weighted by molar-refractivity contribution is 7.98. The number of rotatable bonds is 9. The molecular formula is C26H28F2N8O3S. The predicted octanol–water partition coefficient (Wildman–Crippen LogP) is 3.38. The second-order valence-corrected chi connectivity index (χ2v) is 10.1. The third kappa shape index (κ3) is 5.92. The number of likely N-dealkylation sites (tertiary alicyclic amines) is 1. The molecular weight excluding hydrogens is 542 g/mol. The lowest BCUT2D eigenvalue weighted by atomic mass is 10.1. The number of carbonyl (C=O) groups is 2. The molecule has 4 heterocycles. The Labute approximate surface area is 232 Å². The molecule has 2 N–H and O–H groups in total. The minimum atomic E-state index is -3.06. The van der Waals surface area contributed by atoms with Crippen LogP contribution in [-0.2, 0) is 11.3 Å². The first-order valence-corrected chi connectivity index (χ1v) is 13.8. The molecule has 1 saturated heterocycles. The number of benzene rings is 1. The number of hydrogen-bond acceptors (Lipinski definition) is 8. The molecule has 0 unspecified atom stereocenters. The van der Waals surface area contributed by atoms with Crippen LogP contribution in [0.2, 0.25) is 0 Å². The molecule has 0 radical (unpaired) electrons. The van der Waals surface area contributed by atoms with Crippen molar-refractivity contribution in [3.63, 3.8) is 0 Å². The molecule has 3 aromatic heterocycles. The van der Waals surface area contributed by atoms with Gasteiger partial charge in [-0.15, -0.1) is 11.8 Å². The van der Waals surface area contributed by atoms with Crippen LogP contribution in [0, 0.1) is 0 Å². The van der Waals surface area contributed by atoms with Crippen molar-refractivity contribution in [1.29, 1.82) is 0 Å². The maximum absolute atomic E-state index is 13.3. The monoisotopic (exact) mass is 570 g/mol. The van der Waals surface area contributed by atoms with Crippen LogP contribution in [0.5, 0.6) is 5.75 Å². The fourth-order valence-electron chi connectivity index (χ4n) is 4.65. The molecule has 0 aliphatic carbocycles. The highest BCUT2D eigenvalue weighted by atomic mass is 32.2. The number of anilines is 1. The molecule has 5 rings (SSSR count). The summed E-state index contributed by atoms with van der Waals surface area (Å²) >= 11 is 1.41. The number of ether oxygens (including phenoxy) is 1. The molecule has 0 spiro atoms. The molecule has 1 fully saturated rings. The van der Waals surface area contributed by atoms with E-state index in [1.165, 1.54) is 39.4 Å². The molecule has 1 aromatic carbocycles. The first kappa shape index (κ1) is 27.5. The molecule has 11 nitrogen and oxygen atoms in total. The van der Waals surface area contributed by atoms with Crippen molar-refractivity contribution >= 4 is 34.9 Å². The average Bonchev–Trinajstić information content (AvgIpc) is 3.57. The highest BCUT2D eigenvalue weighted by Gasteiger charge is 2.25. The van der Waals surface area contributed by atoms with Gasteiger partial charge < -0.3 is 20.3 Å². The zero-order chi connectivity index (χ0) is 28.2. The fraction of sp³-hybridized carbons (Fsp3) is 0.346. The summed E-state index contributed by atoms with van der Waals surface area (Å²) in [6.07, 6.45) is 9.65. The van der Waals surface area contributed by atoms with Gasteiger partial charge in [0.05, 0.1) is 11.9 Å². The van der Waals surface area contributed by atoms with Gasteiger partial charge in [0, 0.05) is 48.2 Å². The Morgan fingerprint density at radius 3 is 2.77 bits per heavy atom. The van der Waals surface area contributed by atoms with Gasteiger partial charge in [-0.25, -0.2) is 9.50 Å². The number of amides is 2. The van der Waals surface area contributed by atoms with Gasteiger partial charge in [-0.05, 0) is 50.4 Å². The van der Waals surface area contributed by atoms with Crippen molar-refractivity contribution < 1.29 is 23.1 Å². The third-order valence-corrected chi connectivity index (χ3v) is 7.47. The van der Waals surface area contributed by atoms with E-state index < -0.39 is 12.5 Å². The van der Waals surface area contributed by atoms with Crippen molar-refractivity contribution in [3.8, 4) is 17.0 Å². The summed E-state index contributed by atoms with van der Waals surface area (Å²) in [6.45, 7) is -1.91. The number of hydrogen-bond donors (Lipinski definition) is 2. The van der Waals surface area contributed by atoms with E-state index >= 15 is 0 Å². The Hall–Kier alpha value is -4.04. The summed E-state index contributed by atoms with van der Waals surface area (Å²) in [7, 11) is 1.91.